The quantitative estimate of drug-likeness (QED) is 0.277. The fourth-order valence-corrected chi connectivity index (χ4v) is 5.73. The van der Waals surface area contributed by atoms with Crippen LogP contribution in [0.4, 0.5) is 0 Å². The third kappa shape index (κ3) is 5.81. The summed E-state index contributed by atoms with van der Waals surface area (Å²) in [5, 5.41) is 0. The third-order valence-electron chi connectivity index (χ3n) is 6.67. The van der Waals surface area contributed by atoms with Gasteiger partial charge < -0.3 is 18.9 Å². The molecule has 0 spiro atoms. The lowest BCUT2D eigenvalue weighted by molar-refractivity contribution is -0.139. The van der Waals surface area contributed by atoms with E-state index in [2.05, 4.69) is 4.99 Å². The van der Waals surface area contributed by atoms with Gasteiger partial charge in [0, 0.05) is 0 Å². The van der Waals surface area contributed by atoms with Gasteiger partial charge in [0.05, 0.1) is 42.7 Å². The zero-order chi connectivity index (χ0) is 28.9. The number of ether oxygens (including phenoxy) is 4. The van der Waals surface area contributed by atoms with Crippen LogP contribution in [0.1, 0.15) is 36.6 Å². The molecule has 0 saturated heterocycles. The number of thiazole rings is 1. The van der Waals surface area contributed by atoms with Gasteiger partial charge in [-0.05, 0) is 60.9 Å². The van der Waals surface area contributed by atoms with Crippen molar-refractivity contribution in [3.05, 3.63) is 120 Å². The van der Waals surface area contributed by atoms with E-state index < -0.39 is 12.0 Å². The first-order valence-electron chi connectivity index (χ1n) is 13.1. The molecule has 1 aliphatic rings. The van der Waals surface area contributed by atoms with Crippen LogP contribution in [0.15, 0.2) is 93.9 Å². The van der Waals surface area contributed by atoms with Gasteiger partial charge in [-0.2, -0.15) is 0 Å². The first-order chi connectivity index (χ1) is 19.9. The maximum absolute atomic E-state index is 13.9. The lowest BCUT2D eigenvalue weighted by Gasteiger charge is -2.25. The van der Waals surface area contributed by atoms with Crippen molar-refractivity contribution in [3.63, 3.8) is 0 Å². The van der Waals surface area contributed by atoms with Crippen molar-refractivity contribution in [1.29, 1.82) is 0 Å². The second kappa shape index (κ2) is 12.3. The minimum Gasteiger partial charge on any atom is -0.493 e. The highest BCUT2D eigenvalue weighted by Gasteiger charge is 2.33. The van der Waals surface area contributed by atoms with E-state index in [0.717, 1.165) is 16.9 Å². The van der Waals surface area contributed by atoms with E-state index in [9.17, 15) is 9.59 Å². The van der Waals surface area contributed by atoms with Gasteiger partial charge in [0.1, 0.15) is 12.4 Å². The van der Waals surface area contributed by atoms with Crippen LogP contribution in [-0.4, -0.2) is 31.4 Å². The number of hydrogen-bond acceptors (Lipinski definition) is 8. The van der Waals surface area contributed by atoms with E-state index in [-0.39, 0.29) is 12.2 Å². The summed E-state index contributed by atoms with van der Waals surface area (Å²) in [6.07, 6.45) is 1.82. The summed E-state index contributed by atoms with van der Waals surface area (Å²) in [4.78, 5) is 32.1. The van der Waals surface area contributed by atoms with Gasteiger partial charge in [0.2, 0.25) is 0 Å². The molecule has 1 aliphatic heterocycles. The molecule has 210 valence electrons. The van der Waals surface area contributed by atoms with E-state index >= 15 is 0 Å². The van der Waals surface area contributed by atoms with Crippen molar-refractivity contribution >= 4 is 23.4 Å². The predicted molar refractivity (Wildman–Crippen MR) is 157 cm³/mol. The Morgan fingerprint density at radius 2 is 1.73 bits per heavy atom. The zero-order valence-corrected chi connectivity index (χ0v) is 24.1. The number of carbonyl (C=O) groups excluding carboxylic acids is 1. The first kappa shape index (κ1) is 27.9. The van der Waals surface area contributed by atoms with E-state index in [1.807, 2.05) is 66.7 Å². The van der Waals surface area contributed by atoms with Crippen LogP contribution in [0.2, 0.25) is 0 Å². The Morgan fingerprint density at radius 1 is 1.00 bits per heavy atom. The molecule has 8 nitrogen and oxygen atoms in total. The Bertz CT molecular complexity index is 1770. The lowest BCUT2D eigenvalue weighted by Crippen LogP contribution is -2.39. The fraction of sp³-hybridized carbons (Fsp3) is 0.219. The van der Waals surface area contributed by atoms with Crippen LogP contribution in [0.25, 0.3) is 6.08 Å². The molecule has 0 N–H and O–H groups in total. The number of hydrogen-bond donors (Lipinski definition) is 0. The summed E-state index contributed by atoms with van der Waals surface area (Å²) in [6, 6.07) is 22.1. The molecule has 2 heterocycles. The number of fused-ring (bicyclic) bond motifs is 1. The van der Waals surface area contributed by atoms with E-state index in [1.54, 1.807) is 44.8 Å². The molecule has 0 amide bonds. The molecule has 1 aromatic heterocycles. The Labute approximate surface area is 241 Å². The van der Waals surface area contributed by atoms with Crippen LogP contribution in [-0.2, 0) is 16.1 Å². The third-order valence-corrected chi connectivity index (χ3v) is 7.65. The monoisotopic (exact) mass is 570 g/mol. The number of esters is 1. The summed E-state index contributed by atoms with van der Waals surface area (Å²) in [6.45, 7) is 4.17. The summed E-state index contributed by atoms with van der Waals surface area (Å²) in [5.74, 6) is 1.24. The number of rotatable bonds is 9. The molecule has 0 bridgehead atoms. The van der Waals surface area contributed by atoms with Gasteiger partial charge >= 0.3 is 5.97 Å². The molecule has 1 atom stereocenters. The van der Waals surface area contributed by atoms with E-state index in [4.69, 9.17) is 18.9 Å². The van der Waals surface area contributed by atoms with Crippen molar-refractivity contribution in [2.75, 3.05) is 20.8 Å². The Morgan fingerprint density at radius 3 is 2.41 bits per heavy atom. The molecule has 9 heteroatoms. The molecule has 0 radical (unpaired) electrons. The standard InChI is InChI=1S/C32H30N2O6S/c1-5-39-31(36)28-20(2)33-32-34(29(28)23-13-16-25(37-3)26(18-23)38-4)30(35)27(41-32)17-21-11-14-24(15-12-21)40-19-22-9-7-6-8-10-22/h6-18,29H,5,19H2,1-4H3/b27-17+/t29-/m1/s1. The van der Waals surface area contributed by atoms with E-state index in [0.29, 0.717) is 44.3 Å². The van der Waals surface area contributed by atoms with Crippen molar-refractivity contribution in [3.8, 4) is 17.2 Å². The number of allylic oxidation sites excluding steroid dienone is 1. The number of nitrogens with zero attached hydrogens (tertiary/aromatic N) is 2. The number of carbonyl (C=O) groups is 1. The second-order valence-electron chi connectivity index (χ2n) is 9.26. The summed E-state index contributed by atoms with van der Waals surface area (Å²) in [5.41, 5.74) is 3.14. The number of methoxy groups -OCH3 is 2. The normalized spacial score (nSPS) is 14.7. The number of aromatic nitrogens is 1. The van der Waals surface area contributed by atoms with Crippen LogP contribution in [0.5, 0.6) is 17.2 Å². The van der Waals surface area contributed by atoms with Crippen LogP contribution < -0.4 is 29.1 Å². The van der Waals surface area contributed by atoms with Gasteiger partial charge in [-0.15, -0.1) is 0 Å². The van der Waals surface area contributed by atoms with Crippen molar-refractivity contribution in [1.82, 2.24) is 4.57 Å². The second-order valence-corrected chi connectivity index (χ2v) is 10.3. The van der Waals surface area contributed by atoms with Crippen molar-refractivity contribution in [2.45, 2.75) is 26.5 Å². The minimum absolute atomic E-state index is 0.198. The molecule has 5 rings (SSSR count). The highest BCUT2D eigenvalue weighted by Crippen LogP contribution is 2.36. The molecule has 0 unspecified atom stereocenters. The fourth-order valence-electron chi connectivity index (χ4n) is 4.68. The van der Waals surface area contributed by atoms with Crippen LogP contribution >= 0.6 is 11.3 Å². The largest absolute Gasteiger partial charge is 0.493 e. The summed E-state index contributed by atoms with van der Waals surface area (Å²) >= 11 is 1.27. The minimum atomic E-state index is -0.749. The molecule has 3 aromatic carbocycles. The molecule has 0 fully saturated rings. The summed E-state index contributed by atoms with van der Waals surface area (Å²) < 4.78 is 24.2. The number of benzene rings is 3. The van der Waals surface area contributed by atoms with Gasteiger partial charge in [-0.1, -0.05) is 59.9 Å². The molecule has 0 aliphatic carbocycles. The topological polar surface area (TPSA) is 88.4 Å². The molecular weight excluding hydrogens is 540 g/mol. The lowest BCUT2D eigenvalue weighted by atomic mass is 9.95. The van der Waals surface area contributed by atoms with Gasteiger partial charge in [0.15, 0.2) is 16.3 Å². The molecule has 41 heavy (non-hydrogen) atoms. The molecule has 0 saturated carbocycles. The Hall–Kier alpha value is -4.63. The maximum atomic E-state index is 13.9. The average Bonchev–Trinajstić information content (AvgIpc) is 3.30. The van der Waals surface area contributed by atoms with E-state index in [1.165, 1.54) is 11.3 Å². The maximum Gasteiger partial charge on any atom is 0.338 e. The average molecular weight is 571 g/mol. The molecular formula is C32H30N2O6S. The highest BCUT2D eigenvalue weighted by atomic mass is 32.1. The predicted octanol–water partition coefficient (Wildman–Crippen LogP) is 4.39. The van der Waals surface area contributed by atoms with Crippen LogP contribution in [0.3, 0.4) is 0 Å². The SMILES string of the molecule is CCOC(=O)C1=C(C)N=c2s/c(=C/c3ccc(OCc4ccccc4)cc3)c(=O)n2[C@@H]1c1ccc(OC)c(OC)c1. The Kier molecular flexibility index (Phi) is 8.35. The van der Waals surface area contributed by atoms with Gasteiger partial charge in [-0.3, -0.25) is 9.36 Å². The highest BCUT2D eigenvalue weighted by molar-refractivity contribution is 7.07. The smallest absolute Gasteiger partial charge is 0.338 e. The Balaban J connectivity index is 1.54. The zero-order valence-electron chi connectivity index (χ0n) is 23.2. The van der Waals surface area contributed by atoms with Crippen molar-refractivity contribution < 1.29 is 23.7 Å². The van der Waals surface area contributed by atoms with Crippen molar-refractivity contribution in [2.24, 2.45) is 4.99 Å². The first-order valence-corrected chi connectivity index (χ1v) is 13.9. The molecule has 4 aromatic rings. The van der Waals surface area contributed by atoms with Crippen LogP contribution in [0, 0.1) is 0 Å². The van der Waals surface area contributed by atoms with Gasteiger partial charge in [-0.25, -0.2) is 9.79 Å². The van der Waals surface area contributed by atoms with Gasteiger partial charge in [0.25, 0.3) is 5.56 Å². The summed E-state index contributed by atoms with van der Waals surface area (Å²) in [7, 11) is 3.09.